The van der Waals surface area contributed by atoms with Crippen LogP contribution in [0.2, 0.25) is 0 Å². The van der Waals surface area contributed by atoms with E-state index in [4.69, 9.17) is 9.47 Å². The van der Waals surface area contributed by atoms with Crippen LogP contribution in [0.25, 0.3) is 6.08 Å². The second-order valence-electron chi connectivity index (χ2n) is 6.81. The number of benzene rings is 3. The molecule has 0 heterocycles. The Kier molecular flexibility index (Phi) is 9.35. The number of rotatable bonds is 8. The van der Waals surface area contributed by atoms with Gasteiger partial charge in [0.1, 0.15) is 18.2 Å². The van der Waals surface area contributed by atoms with Crippen LogP contribution in [0.15, 0.2) is 75.2 Å². The smallest absolute Gasteiger partial charge is 0.266 e. The standard InChI is InChI=1S/C25H19Br2IN2O3/c1-2-32-23-12-17(10-18(14-29)25(31)30-21-5-3-4-20(27)13-21)11-22(28)24(23)33-15-16-6-8-19(26)9-7-16/h3-13H,2,15H2,1H3,(H,30,31)/b18-10-. The topological polar surface area (TPSA) is 71.3 Å². The summed E-state index contributed by atoms with van der Waals surface area (Å²) in [5.41, 5.74) is 2.27. The lowest BCUT2D eigenvalue weighted by Crippen LogP contribution is -2.13. The van der Waals surface area contributed by atoms with E-state index in [2.05, 4.69) is 59.8 Å². The largest absolute Gasteiger partial charge is 0.490 e. The van der Waals surface area contributed by atoms with Crippen molar-refractivity contribution in [2.24, 2.45) is 0 Å². The van der Waals surface area contributed by atoms with Gasteiger partial charge in [-0.1, -0.05) is 50.1 Å². The van der Waals surface area contributed by atoms with Gasteiger partial charge in [-0.05, 0) is 89.2 Å². The van der Waals surface area contributed by atoms with Gasteiger partial charge in [-0.25, -0.2) is 0 Å². The quantitative estimate of drug-likeness (QED) is 0.154. The minimum absolute atomic E-state index is 0.0169. The Bertz CT molecular complexity index is 1220. The summed E-state index contributed by atoms with van der Waals surface area (Å²) in [6.07, 6.45) is 1.54. The van der Waals surface area contributed by atoms with Crippen molar-refractivity contribution < 1.29 is 14.3 Å². The first kappa shape index (κ1) is 25.3. The number of hydrogen-bond donors (Lipinski definition) is 1. The zero-order valence-corrected chi connectivity index (χ0v) is 22.9. The highest BCUT2D eigenvalue weighted by Crippen LogP contribution is 2.35. The van der Waals surface area contributed by atoms with Crippen LogP contribution in [0.3, 0.4) is 0 Å². The molecule has 0 unspecified atom stereocenters. The number of amides is 1. The number of nitrogens with zero attached hydrogens (tertiary/aromatic N) is 1. The molecule has 0 spiro atoms. The van der Waals surface area contributed by atoms with Crippen molar-refractivity contribution in [3.05, 3.63) is 89.9 Å². The fourth-order valence-corrected chi connectivity index (χ4v) is 4.34. The Morgan fingerprint density at radius 1 is 1.09 bits per heavy atom. The van der Waals surface area contributed by atoms with Gasteiger partial charge >= 0.3 is 0 Å². The van der Waals surface area contributed by atoms with E-state index in [1.165, 1.54) is 6.08 Å². The van der Waals surface area contributed by atoms with Gasteiger partial charge in [0.15, 0.2) is 11.5 Å². The van der Waals surface area contributed by atoms with E-state index in [0.717, 1.165) is 18.1 Å². The van der Waals surface area contributed by atoms with Crippen LogP contribution in [0.4, 0.5) is 5.69 Å². The molecular formula is C25H19Br2IN2O3. The molecule has 0 bridgehead atoms. The average molecular weight is 682 g/mol. The molecule has 0 aliphatic heterocycles. The second-order valence-corrected chi connectivity index (χ2v) is 9.81. The molecule has 3 aromatic carbocycles. The van der Waals surface area contributed by atoms with Crippen molar-refractivity contribution in [3.63, 3.8) is 0 Å². The third kappa shape index (κ3) is 7.32. The van der Waals surface area contributed by atoms with E-state index in [9.17, 15) is 10.1 Å². The predicted molar refractivity (Wildman–Crippen MR) is 145 cm³/mol. The van der Waals surface area contributed by atoms with Gasteiger partial charge in [-0.2, -0.15) is 5.26 Å². The molecule has 8 heteroatoms. The first-order valence-corrected chi connectivity index (χ1v) is 12.6. The van der Waals surface area contributed by atoms with Crippen LogP contribution in [0.5, 0.6) is 11.5 Å². The molecule has 3 rings (SSSR count). The van der Waals surface area contributed by atoms with Crippen LogP contribution < -0.4 is 14.8 Å². The van der Waals surface area contributed by atoms with Crippen LogP contribution >= 0.6 is 54.5 Å². The highest BCUT2D eigenvalue weighted by atomic mass is 127. The Labute approximate surface area is 223 Å². The lowest BCUT2D eigenvalue weighted by molar-refractivity contribution is -0.112. The Hall–Kier alpha value is -2.35. The number of carbonyl (C=O) groups is 1. The normalized spacial score (nSPS) is 10.9. The molecule has 1 N–H and O–H groups in total. The van der Waals surface area contributed by atoms with Gasteiger partial charge in [-0.3, -0.25) is 4.79 Å². The third-order valence-corrected chi connectivity index (χ3v) is 6.21. The predicted octanol–water partition coefficient (Wildman–Crippen LogP) is 7.34. The van der Waals surface area contributed by atoms with E-state index < -0.39 is 5.91 Å². The molecule has 0 radical (unpaired) electrons. The maximum atomic E-state index is 12.6. The van der Waals surface area contributed by atoms with Crippen molar-refractivity contribution in [1.82, 2.24) is 0 Å². The van der Waals surface area contributed by atoms with E-state index in [1.807, 2.05) is 49.4 Å². The number of halogens is 3. The zero-order valence-electron chi connectivity index (χ0n) is 17.6. The zero-order chi connectivity index (χ0) is 23.8. The van der Waals surface area contributed by atoms with Gasteiger partial charge in [0.25, 0.3) is 5.91 Å². The van der Waals surface area contributed by atoms with Crippen molar-refractivity contribution in [2.75, 3.05) is 11.9 Å². The number of hydrogen-bond acceptors (Lipinski definition) is 4. The van der Waals surface area contributed by atoms with E-state index in [1.54, 1.807) is 24.3 Å². The molecule has 5 nitrogen and oxygen atoms in total. The van der Waals surface area contributed by atoms with Gasteiger partial charge in [0.2, 0.25) is 0 Å². The Morgan fingerprint density at radius 3 is 2.52 bits per heavy atom. The maximum absolute atomic E-state index is 12.6. The lowest BCUT2D eigenvalue weighted by Gasteiger charge is -2.15. The minimum atomic E-state index is -0.487. The van der Waals surface area contributed by atoms with E-state index in [-0.39, 0.29) is 5.57 Å². The number of anilines is 1. The molecule has 168 valence electrons. The summed E-state index contributed by atoms with van der Waals surface area (Å²) in [6, 6.07) is 20.7. The number of ether oxygens (including phenoxy) is 2. The first-order valence-electron chi connectivity index (χ1n) is 9.92. The SMILES string of the molecule is CCOc1cc(/C=C(/C#N)C(=O)Nc2cccc(Br)c2)cc(I)c1OCc1ccc(Br)cc1. The van der Waals surface area contributed by atoms with Crippen LogP contribution in [-0.4, -0.2) is 12.5 Å². The number of nitrogens with one attached hydrogen (secondary N) is 1. The molecule has 1 amide bonds. The summed E-state index contributed by atoms with van der Waals surface area (Å²) in [5.74, 6) is 0.686. The summed E-state index contributed by atoms with van der Waals surface area (Å²) < 4.78 is 14.5. The lowest BCUT2D eigenvalue weighted by atomic mass is 10.1. The molecule has 0 fully saturated rings. The summed E-state index contributed by atoms with van der Waals surface area (Å²) in [6.45, 7) is 2.73. The van der Waals surface area contributed by atoms with Gasteiger partial charge < -0.3 is 14.8 Å². The highest BCUT2D eigenvalue weighted by Gasteiger charge is 2.15. The summed E-state index contributed by atoms with van der Waals surface area (Å²) >= 11 is 8.97. The Morgan fingerprint density at radius 2 is 1.85 bits per heavy atom. The summed E-state index contributed by atoms with van der Waals surface area (Å²) in [7, 11) is 0. The second kappa shape index (κ2) is 12.2. The fourth-order valence-electron chi connectivity index (χ4n) is 2.89. The van der Waals surface area contributed by atoms with Crippen LogP contribution in [-0.2, 0) is 11.4 Å². The molecule has 0 atom stereocenters. The van der Waals surface area contributed by atoms with Crippen LogP contribution in [0.1, 0.15) is 18.1 Å². The molecule has 0 saturated heterocycles. The number of carbonyl (C=O) groups excluding carboxylic acids is 1. The van der Waals surface area contributed by atoms with Crippen molar-refractivity contribution in [1.29, 1.82) is 5.26 Å². The molecule has 0 aliphatic carbocycles. The van der Waals surface area contributed by atoms with Gasteiger partial charge in [0, 0.05) is 14.6 Å². The van der Waals surface area contributed by atoms with E-state index >= 15 is 0 Å². The van der Waals surface area contributed by atoms with Crippen molar-refractivity contribution in [3.8, 4) is 17.6 Å². The first-order chi connectivity index (χ1) is 15.9. The minimum Gasteiger partial charge on any atom is -0.490 e. The Balaban J connectivity index is 1.84. The molecule has 3 aromatic rings. The van der Waals surface area contributed by atoms with Crippen molar-refractivity contribution in [2.45, 2.75) is 13.5 Å². The monoisotopic (exact) mass is 680 g/mol. The van der Waals surface area contributed by atoms with Gasteiger partial charge in [0.05, 0.1) is 10.2 Å². The molecule has 0 aromatic heterocycles. The third-order valence-electron chi connectivity index (χ3n) is 4.39. The van der Waals surface area contributed by atoms with Gasteiger partial charge in [-0.15, -0.1) is 0 Å². The van der Waals surface area contributed by atoms with E-state index in [0.29, 0.717) is 36.0 Å². The molecule has 0 saturated carbocycles. The number of nitriles is 1. The summed E-state index contributed by atoms with van der Waals surface area (Å²) in [4.78, 5) is 12.6. The highest BCUT2D eigenvalue weighted by molar-refractivity contribution is 14.1. The average Bonchev–Trinajstić information content (AvgIpc) is 2.78. The fraction of sp³-hybridized carbons (Fsp3) is 0.120. The molecule has 0 aliphatic rings. The summed E-state index contributed by atoms with van der Waals surface area (Å²) in [5, 5.41) is 12.3. The maximum Gasteiger partial charge on any atom is 0.266 e. The van der Waals surface area contributed by atoms with Crippen LogP contribution in [0, 0.1) is 14.9 Å². The molecule has 33 heavy (non-hydrogen) atoms. The molecular weight excluding hydrogens is 663 g/mol. The van der Waals surface area contributed by atoms with Crippen molar-refractivity contribution >= 4 is 72.1 Å².